The van der Waals surface area contributed by atoms with Gasteiger partial charge in [0.05, 0.1) is 0 Å². The van der Waals surface area contributed by atoms with Gasteiger partial charge in [-0.1, -0.05) is 0 Å². The van der Waals surface area contributed by atoms with E-state index in [1.54, 1.807) is 0 Å². The van der Waals surface area contributed by atoms with Crippen LogP contribution in [0.2, 0.25) is 0 Å². The molecule has 0 aliphatic rings. The Balaban J connectivity index is -0.0000000360. The molecule has 0 fully saturated rings. The summed E-state index contributed by atoms with van der Waals surface area (Å²) in [7, 11) is 0. The molecule has 9 nitrogen and oxygen atoms in total. The summed E-state index contributed by atoms with van der Waals surface area (Å²) in [6.07, 6.45) is -15.6. The first-order chi connectivity index (χ1) is 8.83. The molecule has 0 aromatic rings. The summed E-state index contributed by atoms with van der Waals surface area (Å²) in [6.45, 7) is 0. The van der Waals surface area contributed by atoms with E-state index in [0.717, 1.165) is 0 Å². The van der Waals surface area contributed by atoms with Crippen LogP contribution in [-0.2, 0) is 47.1 Å². The number of hydrogen-bond acceptors (Lipinski definition) is 6. The van der Waals surface area contributed by atoms with Crippen LogP contribution in [-0.4, -0.2) is 52.9 Å². The van der Waals surface area contributed by atoms with Gasteiger partial charge in [0.25, 0.3) is 0 Å². The van der Waals surface area contributed by atoms with Crippen LogP contribution in [0.1, 0.15) is 0 Å². The van der Waals surface area contributed by atoms with E-state index in [-0.39, 0.29) is 49.1 Å². The fourth-order valence-electron chi connectivity index (χ4n) is 0. The van der Waals surface area contributed by atoms with Crippen molar-refractivity contribution in [3.8, 4) is 0 Å². The molecule has 6 N–H and O–H groups in total. The molecule has 0 amide bonds. The molecular formula is C6H6F9O9Y. The van der Waals surface area contributed by atoms with Crippen LogP contribution in [0.3, 0.4) is 0 Å². The van der Waals surface area contributed by atoms with Crippen LogP contribution in [0.4, 0.5) is 39.5 Å². The van der Waals surface area contributed by atoms with Gasteiger partial charge < -0.3 is 46.1 Å². The molecule has 0 aliphatic carbocycles. The van der Waals surface area contributed by atoms with Crippen molar-refractivity contribution < 1.29 is 118 Å². The van der Waals surface area contributed by atoms with E-state index in [2.05, 4.69) is 0 Å². The molecule has 0 aromatic heterocycles. The van der Waals surface area contributed by atoms with Crippen LogP contribution in [0.15, 0.2) is 0 Å². The Morgan fingerprint density at radius 2 is 0.520 bits per heavy atom. The van der Waals surface area contributed by atoms with Gasteiger partial charge >= 0.3 is 51.2 Å². The Kier molecular flexibility index (Phi) is 28.5. The molecule has 0 aliphatic heterocycles. The molecule has 150 valence electrons. The summed E-state index contributed by atoms with van der Waals surface area (Å²) in [6, 6.07) is 0. The topological polar surface area (TPSA) is 215 Å². The van der Waals surface area contributed by atoms with Crippen molar-refractivity contribution in [3.63, 3.8) is 0 Å². The molecular weight excluding hydrogens is 476 g/mol. The van der Waals surface area contributed by atoms with E-state index < -0.39 is 36.4 Å². The minimum atomic E-state index is -5.19. The molecule has 0 atom stereocenters. The number of carbonyl (C=O) groups is 3. The summed E-state index contributed by atoms with van der Waals surface area (Å²) in [5, 5.41) is 26.4. The zero-order valence-electron chi connectivity index (χ0n) is 10.9. The summed E-state index contributed by atoms with van der Waals surface area (Å²) >= 11 is 0. The van der Waals surface area contributed by atoms with Crippen molar-refractivity contribution in [2.24, 2.45) is 0 Å². The number of carbonyl (C=O) groups excluding carboxylic acids is 3. The van der Waals surface area contributed by atoms with Gasteiger partial charge in [0.1, 0.15) is 17.9 Å². The second kappa shape index (κ2) is 16.2. The van der Waals surface area contributed by atoms with E-state index in [1.165, 1.54) is 0 Å². The quantitative estimate of drug-likeness (QED) is 0.310. The van der Waals surface area contributed by atoms with E-state index in [9.17, 15) is 39.5 Å². The zero-order chi connectivity index (χ0) is 18.2. The minimum Gasteiger partial charge on any atom is -0.542 e. The number of halogens is 9. The predicted molar refractivity (Wildman–Crippen MR) is 44.0 cm³/mol. The largest absolute Gasteiger partial charge is 3.00 e. The Morgan fingerprint density at radius 3 is 0.520 bits per heavy atom. The van der Waals surface area contributed by atoms with Crippen molar-refractivity contribution in [3.05, 3.63) is 0 Å². The second-order valence-corrected chi connectivity index (χ2v) is 2.36. The third kappa shape index (κ3) is 34.9. The zero-order valence-corrected chi connectivity index (χ0v) is 13.8. The number of carboxylic acids is 3. The van der Waals surface area contributed by atoms with Crippen LogP contribution in [0.25, 0.3) is 0 Å². The summed E-state index contributed by atoms with van der Waals surface area (Å²) in [5.41, 5.74) is 0. The molecule has 0 spiro atoms. The minimum absolute atomic E-state index is 0. The first kappa shape index (κ1) is 43.8. The number of aliphatic carboxylic acids is 3. The van der Waals surface area contributed by atoms with Gasteiger partial charge in [-0.15, -0.1) is 0 Å². The maximum Gasteiger partial charge on any atom is 3.00 e. The SMILES string of the molecule is O.O.O.O=C([O-])C(F)(F)F.O=C([O-])C(F)(F)F.O=C([O-])C(F)(F)F.[Y+3]. The van der Waals surface area contributed by atoms with Crippen LogP contribution in [0, 0.1) is 0 Å². The van der Waals surface area contributed by atoms with Crippen molar-refractivity contribution >= 4 is 17.9 Å². The van der Waals surface area contributed by atoms with Gasteiger partial charge in [-0.3, -0.25) is 0 Å². The summed E-state index contributed by atoms with van der Waals surface area (Å²) in [4.78, 5) is 26.4. The van der Waals surface area contributed by atoms with E-state index in [4.69, 9.17) is 29.7 Å². The average molecular weight is 482 g/mol. The smallest absolute Gasteiger partial charge is 0.542 e. The normalized spacial score (nSPS) is 9.48. The van der Waals surface area contributed by atoms with E-state index in [1.807, 2.05) is 0 Å². The van der Waals surface area contributed by atoms with Gasteiger partial charge in [-0.2, -0.15) is 39.5 Å². The first-order valence-electron chi connectivity index (χ1n) is 3.68. The molecule has 0 saturated heterocycles. The second-order valence-electron chi connectivity index (χ2n) is 2.36. The van der Waals surface area contributed by atoms with Crippen LogP contribution >= 0.6 is 0 Å². The van der Waals surface area contributed by atoms with Crippen molar-refractivity contribution in [2.75, 3.05) is 0 Å². The molecule has 25 heavy (non-hydrogen) atoms. The molecule has 0 radical (unpaired) electrons. The van der Waals surface area contributed by atoms with Gasteiger partial charge in [-0.05, 0) is 0 Å². The fourth-order valence-corrected chi connectivity index (χ4v) is 0. The van der Waals surface area contributed by atoms with Gasteiger partial charge in [-0.25, -0.2) is 0 Å². The molecule has 0 bridgehead atoms. The van der Waals surface area contributed by atoms with Crippen molar-refractivity contribution in [2.45, 2.75) is 18.5 Å². The molecule has 0 rings (SSSR count). The van der Waals surface area contributed by atoms with Gasteiger partial charge in [0.2, 0.25) is 0 Å². The Morgan fingerprint density at radius 1 is 0.480 bits per heavy atom. The number of carboxylic acid groups (broad SMARTS) is 3. The Bertz CT molecular complexity index is 318. The molecule has 19 heteroatoms. The fraction of sp³-hybridized carbons (Fsp3) is 0.500. The Labute approximate surface area is 155 Å². The molecule has 0 aromatic carbocycles. The van der Waals surface area contributed by atoms with Crippen LogP contribution < -0.4 is 15.3 Å². The van der Waals surface area contributed by atoms with E-state index in [0.29, 0.717) is 0 Å². The Hall–Kier alpha value is -1.24. The van der Waals surface area contributed by atoms with E-state index >= 15 is 0 Å². The number of alkyl halides is 9. The summed E-state index contributed by atoms with van der Waals surface area (Å²) in [5.74, 6) is -9.02. The van der Waals surface area contributed by atoms with Gasteiger partial charge in [0, 0.05) is 0 Å². The van der Waals surface area contributed by atoms with Gasteiger partial charge in [0.15, 0.2) is 0 Å². The number of rotatable bonds is 0. The molecule has 0 unspecified atom stereocenters. The number of hydrogen-bond donors (Lipinski definition) is 0. The summed E-state index contributed by atoms with van der Waals surface area (Å²) < 4.78 is 94.6. The molecule has 0 heterocycles. The predicted octanol–water partition coefficient (Wildman–Crippen LogP) is -4.58. The van der Waals surface area contributed by atoms with Crippen molar-refractivity contribution in [1.29, 1.82) is 0 Å². The van der Waals surface area contributed by atoms with Crippen molar-refractivity contribution in [1.82, 2.24) is 0 Å². The third-order valence-electron chi connectivity index (χ3n) is 0.694. The monoisotopic (exact) mass is 482 g/mol. The molecule has 0 saturated carbocycles. The van der Waals surface area contributed by atoms with Crippen LogP contribution in [0.5, 0.6) is 0 Å². The average Bonchev–Trinajstić information content (AvgIpc) is 2.14. The standard InChI is InChI=1S/3C2HF3O2.3H2O.Y/c3*3-2(4,5)1(6)7;;;;/h3*(H,6,7);3*1H2;/q;;;;;;+3/p-3. The third-order valence-corrected chi connectivity index (χ3v) is 0.694. The maximum atomic E-state index is 10.5. The maximum absolute atomic E-state index is 10.5. The first-order valence-corrected chi connectivity index (χ1v) is 3.68.